The number of nitrogens with one attached hydrogen (secondary N) is 1. The lowest BCUT2D eigenvalue weighted by atomic mass is 10.0. The van der Waals surface area contributed by atoms with Gasteiger partial charge in [0, 0.05) is 45.4 Å². The monoisotopic (exact) mass is 336 g/mol. The fraction of sp³-hybridized carbons (Fsp3) is 0.611. The zero-order valence-corrected chi connectivity index (χ0v) is 13.9. The van der Waals surface area contributed by atoms with Gasteiger partial charge < -0.3 is 19.7 Å². The van der Waals surface area contributed by atoms with Gasteiger partial charge >= 0.3 is 0 Å². The number of benzene rings is 1. The molecule has 1 N–H and O–H groups in total. The third kappa shape index (κ3) is 4.53. The number of likely N-dealkylation sites (tertiary alicyclic amines) is 1. The Morgan fingerprint density at radius 1 is 1.21 bits per heavy atom. The number of ether oxygens (including phenoxy) is 2. The molecule has 2 fully saturated rings. The first kappa shape index (κ1) is 17.3. The number of carbonyl (C=O) groups excluding carboxylic acids is 1. The Hall–Kier alpha value is -1.50. The van der Waals surface area contributed by atoms with Crippen LogP contribution in [0.2, 0.25) is 0 Å². The Bertz CT molecular complexity index is 551. The average Bonchev–Trinajstić information content (AvgIpc) is 3.04. The topological polar surface area (TPSA) is 50.8 Å². The number of halogens is 1. The smallest absolute Gasteiger partial charge is 0.221 e. The van der Waals surface area contributed by atoms with Crippen molar-refractivity contribution in [3.63, 3.8) is 0 Å². The molecule has 1 aromatic carbocycles. The van der Waals surface area contributed by atoms with Crippen LogP contribution >= 0.6 is 0 Å². The van der Waals surface area contributed by atoms with Gasteiger partial charge in [0.15, 0.2) is 5.79 Å². The molecule has 6 heteroatoms. The highest BCUT2D eigenvalue weighted by Gasteiger charge is 2.39. The Morgan fingerprint density at radius 2 is 1.92 bits per heavy atom. The Balaban J connectivity index is 1.31. The van der Waals surface area contributed by atoms with Crippen molar-refractivity contribution in [3.8, 4) is 0 Å². The summed E-state index contributed by atoms with van der Waals surface area (Å²) in [5.74, 6) is -0.566. The lowest BCUT2D eigenvalue weighted by Gasteiger charge is -2.37. The zero-order valence-electron chi connectivity index (χ0n) is 13.9. The minimum absolute atomic E-state index is 0.0139. The third-order valence-corrected chi connectivity index (χ3v) is 4.76. The summed E-state index contributed by atoms with van der Waals surface area (Å²) >= 11 is 0. The van der Waals surface area contributed by atoms with E-state index in [4.69, 9.17) is 9.47 Å². The van der Waals surface area contributed by atoms with Gasteiger partial charge in [0.05, 0.1) is 13.2 Å². The summed E-state index contributed by atoms with van der Waals surface area (Å²) in [6.45, 7) is 4.35. The van der Waals surface area contributed by atoms with Crippen molar-refractivity contribution in [2.75, 3.05) is 39.4 Å². The molecule has 5 nitrogen and oxygen atoms in total. The van der Waals surface area contributed by atoms with E-state index in [0.717, 1.165) is 32.5 Å². The number of nitrogens with zero attached hydrogens (tertiary/aromatic N) is 1. The number of amides is 1. The summed E-state index contributed by atoms with van der Waals surface area (Å²) in [5, 5.41) is 2.86. The molecule has 0 aromatic heterocycles. The van der Waals surface area contributed by atoms with Crippen LogP contribution in [0.25, 0.3) is 0 Å². The molecule has 0 unspecified atom stereocenters. The summed E-state index contributed by atoms with van der Waals surface area (Å²) < 4.78 is 24.9. The molecule has 2 saturated heterocycles. The molecule has 24 heavy (non-hydrogen) atoms. The first-order valence-electron chi connectivity index (χ1n) is 8.67. The fourth-order valence-corrected chi connectivity index (χ4v) is 3.29. The maximum atomic E-state index is 13.5. The molecule has 0 aliphatic carbocycles. The van der Waals surface area contributed by atoms with Crippen LogP contribution in [0.3, 0.4) is 0 Å². The molecule has 1 aromatic rings. The Kier molecular flexibility index (Phi) is 5.81. The maximum Gasteiger partial charge on any atom is 0.221 e. The van der Waals surface area contributed by atoms with E-state index in [9.17, 15) is 9.18 Å². The maximum absolute atomic E-state index is 13.5. The van der Waals surface area contributed by atoms with E-state index < -0.39 is 0 Å². The van der Waals surface area contributed by atoms with Crippen molar-refractivity contribution in [1.82, 2.24) is 10.2 Å². The molecule has 0 atom stereocenters. The summed E-state index contributed by atoms with van der Waals surface area (Å²) in [6, 6.07) is 6.67. The van der Waals surface area contributed by atoms with E-state index in [1.807, 2.05) is 0 Å². The van der Waals surface area contributed by atoms with Crippen LogP contribution < -0.4 is 5.32 Å². The highest BCUT2D eigenvalue weighted by molar-refractivity contribution is 5.76. The number of hydrogen-bond acceptors (Lipinski definition) is 4. The highest BCUT2D eigenvalue weighted by atomic mass is 19.1. The third-order valence-electron chi connectivity index (χ3n) is 4.76. The van der Waals surface area contributed by atoms with Crippen LogP contribution in [0.1, 0.15) is 24.8 Å². The molecule has 0 radical (unpaired) electrons. The predicted molar refractivity (Wildman–Crippen MR) is 88.0 cm³/mol. The fourth-order valence-electron chi connectivity index (χ4n) is 3.29. The van der Waals surface area contributed by atoms with Gasteiger partial charge in [0.25, 0.3) is 0 Å². The van der Waals surface area contributed by atoms with Gasteiger partial charge in [-0.15, -0.1) is 0 Å². The number of piperidine rings is 1. The molecular formula is C18H25FN2O3. The Morgan fingerprint density at radius 3 is 2.62 bits per heavy atom. The van der Waals surface area contributed by atoms with E-state index >= 15 is 0 Å². The molecular weight excluding hydrogens is 311 g/mol. The van der Waals surface area contributed by atoms with E-state index in [2.05, 4.69) is 10.2 Å². The summed E-state index contributed by atoms with van der Waals surface area (Å²) in [6.07, 6.45) is 2.70. The second kappa shape index (κ2) is 8.05. The second-order valence-electron chi connectivity index (χ2n) is 6.39. The van der Waals surface area contributed by atoms with Gasteiger partial charge in [0.2, 0.25) is 5.91 Å². The average molecular weight is 336 g/mol. The number of rotatable bonds is 6. The van der Waals surface area contributed by atoms with Crippen molar-refractivity contribution in [1.29, 1.82) is 0 Å². The Labute approximate surface area is 142 Å². The molecule has 2 heterocycles. The van der Waals surface area contributed by atoms with Crippen molar-refractivity contribution in [2.45, 2.75) is 31.5 Å². The van der Waals surface area contributed by atoms with E-state index in [-0.39, 0.29) is 17.5 Å². The minimum atomic E-state index is -0.363. The van der Waals surface area contributed by atoms with Crippen molar-refractivity contribution < 1.29 is 18.7 Å². The molecule has 3 rings (SSSR count). The standard InChI is InChI=1S/C18H25FN2O3/c19-16-4-2-1-3-15(16)5-9-20-17(22)6-10-21-11-7-18(8-12-21)23-13-14-24-18/h1-4H,5-14H2,(H,20,22). The van der Waals surface area contributed by atoms with Gasteiger partial charge in [-0.3, -0.25) is 4.79 Å². The quantitative estimate of drug-likeness (QED) is 0.859. The largest absolute Gasteiger partial charge is 0.356 e. The van der Waals surface area contributed by atoms with Crippen LogP contribution in [-0.4, -0.2) is 56.0 Å². The predicted octanol–water partition coefficient (Wildman–Crippen LogP) is 1.71. The number of carbonyl (C=O) groups is 1. The summed E-state index contributed by atoms with van der Waals surface area (Å²) in [7, 11) is 0. The number of hydrogen-bond donors (Lipinski definition) is 1. The van der Waals surface area contributed by atoms with E-state index in [1.54, 1.807) is 18.2 Å². The zero-order chi connectivity index (χ0) is 16.8. The lowest BCUT2D eigenvalue weighted by Crippen LogP contribution is -2.46. The van der Waals surface area contributed by atoms with Crippen molar-refractivity contribution in [2.24, 2.45) is 0 Å². The lowest BCUT2D eigenvalue weighted by molar-refractivity contribution is -0.185. The van der Waals surface area contributed by atoms with Gasteiger partial charge in [-0.05, 0) is 18.1 Å². The molecule has 0 bridgehead atoms. The first-order valence-corrected chi connectivity index (χ1v) is 8.67. The van der Waals surface area contributed by atoms with E-state index in [1.165, 1.54) is 6.07 Å². The van der Waals surface area contributed by atoms with Crippen LogP contribution in [0.15, 0.2) is 24.3 Å². The van der Waals surface area contributed by atoms with Crippen LogP contribution in [0, 0.1) is 5.82 Å². The van der Waals surface area contributed by atoms with Crippen LogP contribution in [0.5, 0.6) is 0 Å². The van der Waals surface area contributed by atoms with Crippen LogP contribution in [-0.2, 0) is 20.7 Å². The van der Waals surface area contributed by atoms with Gasteiger partial charge in [0.1, 0.15) is 5.82 Å². The van der Waals surface area contributed by atoms with E-state index in [0.29, 0.717) is 38.2 Å². The highest BCUT2D eigenvalue weighted by Crippen LogP contribution is 2.31. The molecule has 2 aliphatic heterocycles. The van der Waals surface area contributed by atoms with Crippen molar-refractivity contribution >= 4 is 5.91 Å². The first-order chi connectivity index (χ1) is 11.7. The van der Waals surface area contributed by atoms with Crippen LogP contribution in [0.4, 0.5) is 4.39 Å². The van der Waals surface area contributed by atoms with Gasteiger partial charge in [-0.25, -0.2) is 4.39 Å². The molecule has 2 aliphatic rings. The molecule has 1 spiro atoms. The molecule has 132 valence electrons. The second-order valence-corrected chi connectivity index (χ2v) is 6.39. The molecule has 0 saturated carbocycles. The van der Waals surface area contributed by atoms with Crippen molar-refractivity contribution in [3.05, 3.63) is 35.6 Å². The van der Waals surface area contributed by atoms with Gasteiger partial charge in [-0.2, -0.15) is 0 Å². The van der Waals surface area contributed by atoms with Gasteiger partial charge in [-0.1, -0.05) is 18.2 Å². The summed E-state index contributed by atoms with van der Waals surface area (Å²) in [5.41, 5.74) is 0.635. The molecule has 1 amide bonds. The SMILES string of the molecule is O=C(CCN1CCC2(CC1)OCCO2)NCCc1ccccc1F. The summed E-state index contributed by atoms with van der Waals surface area (Å²) in [4.78, 5) is 14.2. The normalized spacial score (nSPS) is 20.4. The minimum Gasteiger partial charge on any atom is -0.356 e.